The third-order valence-electron chi connectivity index (χ3n) is 3.08. The molecule has 0 saturated heterocycles. The van der Waals surface area contributed by atoms with Gasteiger partial charge in [-0.2, -0.15) is 0 Å². The summed E-state index contributed by atoms with van der Waals surface area (Å²) < 4.78 is 0. The van der Waals surface area contributed by atoms with Crippen LogP contribution in [0.4, 0.5) is 0 Å². The van der Waals surface area contributed by atoms with Gasteiger partial charge in [0, 0.05) is 5.41 Å². The van der Waals surface area contributed by atoms with Crippen molar-refractivity contribution in [2.75, 3.05) is 0 Å². The Hall–Kier alpha value is -0.590. The highest BCUT2D eigenvalue weighted by Gasteiger charge is 2.60. The molecule has 68 valence electrons. The van der Waals surface area contributed by atoms with Gasteiger partial charge in [0.1, 0.15) is 6.29 Å². The summed E-state index contributed by atoms with van der Waals surface area (Å²) in [6.07, 6.45) is 5.29. The van der Waals surface area contributed by atoms with Crippen LogP contribution in [-0.2, 0) is 4.79 Å². The fourth-order valence-corrected chi connectivity index (χ4v) is 1.73. The number of allylic oxidation sites excluding steroid dienone is 2. The Labute approximate surface area is 74.9 Å². The maximum Gasteiger partial charge on any atom is 0.127 e. The van der Waals surface area contributed by atoms with Crippen LogP contribution in [0.1, 0.15) is 40.5 Å². The third-order valence-corrected chi connectivity index (χ3v) is 3.08. The van der Waals surface area contributed by atoms with Crippen molar-refractivity contribution < 1.29 is 4.79 Å². The molecular formula is C11H18O. The SMILES string of the molecule is CC(C)=CCC1(C=O)CC1(C)C. The summed E-state index contributed by atoms with van der Waals surface area (Å²) in [6, 6.07) is 0. The van der Waals surface area contributed by atoms with Crippen molar-refractivity contribution in [3.63, 3.8) is 0 Å². The molecule has 1 heteroatoms. The molecule has 0 N–H and O–H groups in total. The quantitative estimate of drug-likeness (QED) is 0.465. The molecule has 1 atom stereocenters. The molecule has 1 aliphatic rings. The molecule has 0 spiro atoms. The highest BCUT2D eigenvalue weighted by atomic mass is 16.1. The van der Waals surface area contributed by atoms with Crippen molar-refractivity contribution in [1.82, 2.24) is 0 Å². The van der Waals surface area contributed by atoms with Crippen molar-refractivity contribution in [3.05, 3.63) is 11.6 Å². The zero-order valence-corrected chi connectivity index (χ0v) is 8.48. The Kier molecular flexibility index (Phi) is 2.15. The van der Waals surface area contributed by atoms with Crippen molar-refractivity contribution in [2.24, 2.45) is 10.8 Å². The number of hydrogen-bond donors (Lipinski definition) is 0. The molecular weight excluding hydrogens is 148 g/mol. The second kappa shape index (κ2) is 2.72. The average molecular weight is 166 g/mol. The first-order valence-corrected chi connectivity index (χ1v) is 4.53. The number of aldehydes is 1. The van der Waals surface area contributed by atoms with E-state index in [1.54, 1.807) is 0 Å². The first-order chi connectivity index (χ1) is 5.43. The highest BCUT2D eigenvalue weighted by molar-refractivity contribution is 5.66. The highest BCUT2D eigenvalue weighted by Crippen LogP contribution is 2.64. The van der Waals surface area contributed by atoms with Crippen LogP contribution in [-0.4, -0.2) is 6.29 Å². The van der Waals surface area contributed by atoms with Crippen molar-refractivity contribution >= 4 is 6.29 Å². The molecule has 12 heavy (non-hydrogen) atoms. The molecule has 0 radical (unpaired) electrons. The molecule has 0 heterocycles. The standard InChI is InChI=1S/C11H18O/c1-9(2)5-6-11(8-12)7-10(11,3)4/h5,8H,6-7H2,1-4H3. The van der Waals surface area contributed by atoms with Gasteiger partial charge in [-0.1, -0.05) is 25.5 Å². The van der Waals surface area contributed by atoms with Crippen LogP contribution in [0.25, 0.3) is 0 Å². The Morgan fingerprint density at radius 3 is 2.17 bits per heavy atom. The Morgan fingerprint density at radius 1 is 1.42 bits per heavy atom. The van der Waals surface area contributed by atoms with Crippen molar-refractivity contribution in [1.29, 1.82) is 0 Å². The van der Waals surface area contributed by atoms with E-state index in [0.29, 0.717) is 0 Å². The largest absolute Gasteiger partial charge is 0.303 e. The monoisotopic (exact) mass is 166 g/mol. The van der Waals surface area contributed by atoms with E-state index in [-0.39, 0.29) is 10.8 Å². The summed E-state index contributed by atoms with van der Waals surface area (Å²) in [7, 11) is 0. The van der Waals surface area contributed by atoms with Crippen LogP contribution in [0.2, 0.25) is 0 Å². The maximum atomic E-state index is 10.9. The molecule has 1 unspecified atom stereocenters. The van der Waals surface area contributed by atoms with Gasteiger partial charge in [-0.05, 0) is 32.1 Å². The number of hydrogen-bond acceptors (Lipinski definition) is 1. The van der Waals surface area contributed by atoms with Crippen LogP contribution in [0.5, 0.6) is 0 Å². The zero-order valence-electron chi connectivity index (χ0n) is 8.48. The van der Waals surface area contributed by atoms with E-state index in [4.69, 9.17) is 0 Å². The summed E-state index contributed by atoms with van der Waals surface area (Å²) in [5.41, 5.74) is 1.50. The number of carbonyl (C=O) groups is 1. The van der Waals surface area contributed by atoms with E-state index in [9.17, 15) is 4.79 Å². The molecule has 1 fully saturated rings. The summed E-state index contributed by atoms with van der Waals surface area (Å²) in [4.78, 5) is 10.9. The van der Waals surface area contributed by atoms with Gasteiger partial charge in [-0.25, -0.2) is 0 Å². The molecule has 0 aromatic carbocycles. The first kappa shape index (κ1) is 9.50. The predicted molar refractivity (Wildman–Crippen MR) is 50.9 cm³/mol. The molecule has 1 saturated carbocycles. The normalized spacial score (nSPS) is 31.0. The molecule has 0 bridgehead atoms. The zero-order chi connectivity index (χ0) is 9.41. The maximum absolute atomic E-state index is 10.9. The number of rotatable bonds is 3. The summed E-state index contributed by atoms with van der Waals surface area (Å²) in [5.74, 6) is 0. The van der Waals surface area contributed by atoms with Crippen LogP contribution in [0.15, 0.2) is 11.6 Å². The predicted octanol–water partition coefficient (Wildman–Crippen LogP) is 2.96. The summed E-state index contributed by atoms with van der Waals surface area (Å²) in [5, 5.41) is 0. The lowest BCUT2D eigenvalue weighted by atomic mass is 9.93. The lowest BCUT2D eigenvalue weighted by Crippen LogP contribution is -2.09. The lowest BCUT2D eigenvalue weighted by molar-refractivity contribution is -0.113. The summed E-state index contributed by atoms with van der Waals surface area (Å²) >= 11 is 0. The van der Waals surface area contributed by atoms with Gasteiger partial charge >= 0.3 is 0 Å². The van der Waals surface area contributed by atoms with Gasteiger partial charge in [0.2, 0.25) is 0 Å². The van der Waals surface area contributed by atoms with E-state index in [0.717, 1.165) is 19.1 Å². The average Bonchev–Trinajstić information content (AvgIpc) is 2.51. The second-order valence-electron chi connectivity index (χ2n) is 4.82. The van der Waals surface area contributed by atoms with Gasteiger partial charge in [0.25, 0.3) is 0 Å². The van der Waals surface area contributed by atoms with Gasteiger partial charge in [-0.3, -0.25) is 0 Å². The van der Waals surface area contributed by atoms with Crippen LogP contribution >= 0.6 is 0 Å². The van der Waals surface area contributed by atoms with Crippen LogP contribution < -0.4 is 0 Å². The fourth-order valence-electron chi connectivity index (χ4n) is 1.73. The Balaban J connectivity index is 2.62. The minimum atomic E-state index is -0.0374. The van der Waals surface area contributed by atoms with Gasteiger partial charge in [0.15, 0.2) is 0 Å². The topological polar surface area (TPSA) is 17.1 Å². The molecule has 0 amide bonds. The number of carbonyl (C=O) groups excluding carboxylic acids is 1. The van der Waals surface area contributed by atoms with E-state index in [2.05, 4.69) is 33.8 Å². The van der Waals surface area contributed by atoms with Crippen LogP contribution in [0.3, 0.4) is 0 Å². The summed E-state index contributed by atoms with van der Waals surface area (Å²) in [6.45, 7) is 8.49. The molecule has 1 nitrogen and oxygen atoms in total. The van der Waals surface area contributed by atoms with Gasteiger partial charge in [-0.15, -0.1) is 0 Å². The molecule has 0 aliphatic heterocycles. The minimum Gasteiger partial charge on any atom is -0.303 e. The van der Waals surface area contributed by atoms with Gasteiger partial charge in [0.05, 0.1) is 0 Å². The Morgan fingerprint density at radius 2 is 1.92 bits per heavy atom. The van der Waals surface area contributed by atoms with Gasteiger partial charge < -0.3 is 4.79 Å². The van der Waals surface area contributed by atoms with Crippen molar-refractivity contribution in [2.45, 2.75) is 40.5 Å². The molecule has 0 aromatic heterocycles. The van der Waals surface area contributed by atoms with E-state index in [1.807, 2.05) is 0 Å². The van der Waals surface area contributed by atoms with Crippen molar-refractivity contribution in [3.8, 4) is 0 Å². The second-order valence-corrected chi connectivity index (χ2v) is 4.82. The minimum absolute atomic E-state index is 0.0374. The molecule has 0 aromatic rings. The molecule has 1 aliphatic carbocycles. The lowest BCUT2D eigenvalue weighted by Gasteiger charge is -2.10. The van der Waals surface area contributed by atoms with E-state index in [1.165, 1.54) is 5.57 Å². The third kappa shape index (κ3) is 1.45. The smallest absolute Gasteiger partial charge is 0.127 e. The fraction of sp³-hybridized carbons (Fsp3) is 0.727. The van der Waals surface area contributed by atoms with E-state index < -0.39 is 0 Å². The Bertz CT molecular complexity index is 221. The van der Waals surface area contributed by atoms with E-state index >= 15 is 0 Å². The first-order valence-electron chi connectivity index (χ1n) is 4.53. The van der Waals surface area contributed by atoms with Crippen LogP contribution in [0, 0.1) is 10.8 Å². The molecule has 1 rings (SSSR count).